The zero-order valence-electron chi connectivity index (χ0n) is 11.0. The summed E-state index contributed by atoms with van der Waals surface area (Å²) in [5.41, 5.74) is 4.90. The minimum absolute atomic E-state index is 0.212. The van der Waals surface area contributed by atoms with Gasteiger partial charge in [0, 0.05) is 12.1 Å². The van der Waals surface area contributed by atoms with E-state index >= 15 is 0 Å². The molecule has 1 amide bonds. The number of carbonyl (C=O) groups is 1. The maximum atomic E-state index is 11.9. The SMILES string of the molecule is C/C(=N\NC(=O)c1cc[n+](C)cc1)c1ccccc1. The molecule has 0 bridgehead atoms. The third kappa shape index (κ3) is 3.48. The smallest absolute Gasteiger partial charge is 0.267 e. The lowest BCUT2D eigenvalue weighted by Gasteiger charge is -2.02. The maximum Gasteiger partial charge on any atom is 0.271 e. The van der Waals surface area contributed by atoms with Crippen LogP contribution < -0.4 is 9.99 Å². The maximum absolute atomic E-state index is 11.9. The van der Waals surface area contributed by atoms with Crippen LogP contribution in [0.3, 0.4) is 0 Å². The van der Waals surface area contributed by atoms with E-state index in [0.717, 1.165) is 11.3 Å². The van der Waals surface area contributed by atoms with Gasteiger partial charge in [-0.2, -0.15) is 5.10 Å². The number of pyridine rings is 1. The van der Waals surface area contributed by atoms with Crippen molar-refractivity contribution >= 4 is 11.6 Å². The number of benzene rings is 1. The summed E-state index contributed by atoms with van der Waals surface area (Å²) in [6, 6.07) is 13.2. The number of amides is 1. The number of aryl methyl sites for hydroxylation is 1. The summed E-state index contributed by atoms with van der Waals surface area (Å²) < 4.78 is 1.87. The predicted octanol–water partition coefficient (Wildman–Crippen LogP) is 1.67. The molecule has 0 saturated carbocycles. The third-order valence-corrected chi connectivity index (χ3v) is 2.76. The first-order chi connectivity index (χ1) is 9.16. The van der Waals surface area contributed by atoms with Gasteiger partial charge in [0.25, 0.3) is 5.91 Å². The van der Waals surface area contributed by atoms with Gasteiger partial charge in [-0.3, -0.25) is 4.79 Å². The predicted molar refractivity (Wildman–Crippen MR) is 73.7 cm³/mol. The average Bonchev–Trinajstić information content (AvgIpc) is 2.46. The summed E-state index contributed by atoms with van der Waals surface area (Å²) >= 11 is 0. The van der Waals surface area contributed by atoms with Crippen LogP contribution in [0.15, 0.2) is 60.0 Å². The number of rotatable bonds is 3. The molecule has 0 saturated heterocycles. The number of aromatic nitrogens is 1. The molecule has 0 spiro atoms. The molecule has 1 N–H and O–H groups in total. The number of hydrogen-bond acceptors (Lipinski definition) is 2. The minimum Gasteiger partial charge on any atom is -0.267 e. The Morgan fingerprint density at radius 2 is 1.68 bits per heavy atom. The molecule has 1 heterocycles. The van der Waals surface area contributed by atoms with Gasteiger partial charge in [-0.15, -0.1) is 0 Å². The molecule has 0 aliphatic rings. The van der Waals surface area contributed by atoms with Crippen molar-refractivity contribution in [2.45, 2.75) is 6.92 Å². The van der Waals surface area contributed by atoms with Crippen LogP contribution in [0, 0.1) is 0 Å². The quantitative estimate of drug-likeness (QED) is 0.505. The van der Waals surface area contributed by atoms with Crippen LogP contribution in [0.5, 0.6) is 0 Å². The Balaban J connectivity index is 2.06. The second-order valence-electron chi connectivity index (χ2n) is 4.26. The molecule has 96 valence electrons. The minimum atomic E-state index is -0.212. The fraction of sp³-hybridized carbons (Fsp3) is 0.133. The van der Waals surface area contributed by atoms with Crippen LogP contribution >= 0.6 is 0 Å². The van der Waals surface area contributed by atoms with E-state index in [4.69, 9.17) is 0 Å². The topological polar surface area (TPSA) is 45.3 Å². The highest BCUT2D eigenvalue weighted by Gasteiger charge is 2.06. The zero-order chi connectivity index (χ0) is 13.7. The average molecular weight is 254 g/mol. The van der Waals surface area contributed by atoms with Crippen molar-refractivity contribution in [3.8, 4) is 0 Å². The first-order valence-electron chi connectivity index (χ1n) is 6.02. The zero-order valence-corrected chi connectivity index (χ0v) is 11.0. The van der Waals surface area contributed by atoms with E-state index in [1.54, 1.807) is 12.1 Å². The Labute approximate surface area is 112 Å². The van der Waals surface area contributed by atoms with Crippen LogP contribution in [0.2, 0.25) is 0 Å². The Morgan fingerprint density at radius 3 is 2.32 bits per heavy atom. The summed E-state index contributed by atoms with van der Waals surface area (Å²) in [6.45, 7) is 1.86. The van der Waals surface area contributed by atoms with E-state index in [2.05, 4.69) is 10.5 Å². The van der Waals surface area contributed by atoms with Crippen molar-refractivity contribution in [3.63, 3.8) is 0 Å². The van der Waals surface area contributed by atoms with Crippen LogP contribution in [0.4, 0.5) is 0 Å². The number of nitrogens with one attached hydrogen (secondary N) is 1. The number of carbonyl (C=O) groups excluding carboxylic acids is 1. The highest BCUT2D eigenvalue weighted by Crippen LogP contribution is 2.00. The number of hydrogen-bond donors (Lipinski definition) is 1. The molecule has 0 atom stereocenters. The van der Waals surface area contributed by atoms with E-state index in [-0.39, 0.29) is 5.91 Å². The largest absolute Gasteiger partial charge is 0.271 e. The van der Waals surface area contributed by atoms with Gasteiger partial charge < -0.3 is 0 Å². The summed E-state index contributed by atoms with van der Waals surface area (Å²) in [5, 5.41) is 4.10. The molecule has 2 rings (SSSR count). The summed E-state index contributed by atoms with van der Waals surface area (Å²) in [6.07, 6.45) is 3.64. The molecule has 4 heteroatoms. The first-order valence-corrected chi connectivity index (χ1v) is 6.02. The van der Waals surface area contributed by atoms with E-state index in [1.165, 1.54) is 0 Å². The number of hydrazone groups is 1. The fourth-order valence-corrected chi connectivity index (χ4v) is 1.60. The van der Waals surface area contributed by atoms with Gasteiger partial charge in [-0.1, -0.05) is 30.3 Å². The van der Waals surface area contributed by atoms with E-state index < -0.39 is 0 Å². The molecule has 0 unspecified atom stereocenters. The Morgan fingerprint density at radius 1 is 1.05 bits per heavy atom. The molecule has 0 fully saturated rings. The molecular formula is C15H16N3O+. The fourth-order valence-electron chi connectivity index (χ4n) is 1.60. The van der Waals surface area contributed by atoms with E-state index in [0.29, 0.717) is 5.56 Å². The van der Waals surface area contributed by atoms with E-state index in [1.807, 2.05) is 61.3 Å². The van der Waals surface area contributed by atoms with Crippen molar-refractivity contribution in [1.29, 1.82) is 0 Å². The molecule has 19 heavy (non-hydrogen) atoms. The molecular weight excluding hydrogens is 238 g/mol. The van der Waals surface area contributed by atoms with Crippen molar-refractivity contribution in [2.24, 2.45) is 12.1 Å². The third-order valence-electron chi connectivity index (χ3n) is 2.76. The van der Waals surface area contributed by atoms with Gasteiger partial charge in [0.1, 0.15) is 7.05 Å². The first kappa shape index (κ1) is 13.0. The van der Waals surface area contributed by atoms with Gasteiger partial charge in [0.2, 0.25) is 0 Å². The lowest BCUT2D eigenvalue weighted by atomic mass is 10.1. The summed E-state index contributed by atoms with van der Waals surface area (Å²) in [7, 11) is 1.90. The van der Waals surface area contributed by atoms with Gasteiger partial charge >= 0.3 is 0 Å². The highest BCUT2D eigenvalue weighted by atomic mass is 16.2. The molecule has 0 aliphatic heterocycles. The second-order valence-corrected chi connectivity index (χ2v) is 4.26. The molecule has 0 aliphatic carbocycles. The van der Waals surface area contributed by atoms with Gasteiger partial charge in [0.05, 0.1) is 11.3 Å². The van der Waals surface area contributed by atoms with Crippen molar-refractivity contribution in [3.05, 3.63) is 66.0 Å². The van der Waals surface area contributed by atoms with Crippen molar-refractivity contribution in [1.82, 2.24) is 5.43 Å². The Hall–Kier alpha value is -2.49. The molecule has 2 aromatic rings. The van der Waals surface area contributed by atoms with Crippen molar-refractivity contribution in [2.75, 3.05) is 0 Å². The second kappa shape index (κ2) is 5.91. The monoisotopic (exact) mass is 254 g/mol. The van der Waals surface area contributed by atoms with Crippen molar-refractivity contribution < 1.29 is 9.36 Å². The van der Waals surface area contributed by atoms with Crippen LogP contribution in [-0.4, -0.2) is 11.6 Å². The summed E-state index contributed by atoms with van der Waals surface area (Å²) in [5.74, 6) is -0.212. The van der Waals surface area contributed by atoms with Crippen LogP contribution in [0.1, 0.15) is 22.8 Å². The van der Waals surface area contributed by atoms with Gasteiger partial charge in [-0.25, -0.2) is 9.99 Å². The molecule has 0 radical (unpaired) electrons. The Kier molecular flexibility index (Phi) is 4.03. The summed E-state index contributed by atoms with van der Waals surface area (Å²) in [4.78, 5) is 11.9. The van der Waals surface area contributed by atoms with Crippen LogP contribution in [-0.2, 0) is 7.05 Å². The van der Waals surface area contributed by atoms with E-state index in [9.17, 15) is 4.79 Å². The van der Waals surface area contributed by atoms with Gasteiger partial charge in [0.15, 0.2) is 12.4 Å². The van der Waals surface area contributed by atoms with Gasteiger partial charge in [-0.05, 0) is 12.5 Å². The standard InChI is InChI=1S/C15H15N3O/c1-12(13-6-4-3-5-7-13)16-17-15(19)14-8-10-18(2)11-9-14/h3-11H,1-2H3/p+1. The lowest BCUT2D eigenvalue weighted by Crippen LogP contribution is -2.27. The lowest BCUT2D eigenvalue weighted by molar-refractivity contribution is -0.671. The Bertz CT molecular complexity index is 589. The normalized spacial score (nSPS) is 11.2. The molecule has 1 aromatic carbocycles. The molecule has 4 nitrogen and oxygen atoms in total. The molecule has 1 aromatic heterocycles. The van der Waals surface area contributed by atoms with Crippen LogP contribution in [0.25, 0.3) is 0 Å². The highest BCUT2D eigenvalue weighted by molar-refractivity contribution is 6.00. The number of nitrogens with zero attached hydrogens (tertiary/aromatic N) is 2.